The molecule has 1 aliphatic rings. The van der Waals surface area contributed by atoms with E-state index in [-0.39, 0.29) is 0 Å². The van der Waals surface area contributed by atoms with E-state index in [4.69, 9.17) is 0 Å². The monoisotopic (exact) mass is 782 g/mol. The zero-order valence-corrected chi connectivity index (χ0v) is 32.6. The lowest BCUT2D eigenvalue weighted by Gasteiger charge is -2.01. The summed E-state index contributed by atoms with van der Waals surface area (Å²) in [6.07, 6.45) is 3.36. The first kappa shape index (κ1) is 31.1. The molecule has 0 spiro atoms. The molecule has 0 saturated heterocycles. The van der Waals surface area contributed by atoms with E-state index < -0.39 is 0 Å². The molecule has 0 nitrogen and oxygen atoms in total. The highest BCUT2D eigenvalue weighted by Crippen LogP contribution is 2.46. The Morgan fingerprint density at radius 1 is 0.520 bits per heavy atom. The molecule has 0 saturated carbocycles. The van der Waals surface area contributed by atoms with E-state index >= 15 is 0 Å². The second-order valence-corrected chi connectivity index (χ2v) is 20.4. The maximum atomic E-state index is 3.56. The van der Waals surface area contributed by atoms with Crippen molar-refractivity contribution >= 4 is 126 Å². The maximum absolute atomic E-state index is 3.56. The average molecular weight is 783 g/mol. The van der Waals surface area contributed by atoms with Crippen LogP contribution in [0, 0.1) is 23.7 Å². The average Bonchev–Trinajstić information content (AvgIpc) is 3.96. The molecule has 1 unspecified atom stereocenters. The molecule has 0 N–H and O–H groups in total. The molecule has 8 heteroatoms. The van der Waals surface area contributed by atoms with Crippen molar-refractivity contribution in [2.75, 3.05) is 0 Å². The molecule has 7 aromatic heterocycles. The minimum absolute atomic E-state index is 0.300. The predicted octanol–water partition coefficient (Wildman–Crippen LogP) is 14.9. The van der Waals surface area contributed by atoms with Gasteiger partial charge in [0.05, 0.1) is 14.1 Å². The largest absolute Gasteiger partial charge is 0.143 e. The zero-order valence-electron chi connectivity index (χ0n) is 26.0. The van der Waals surface area contributed by atoms with Gasteiger partial charge in [0, 0.05) is 75.7 Å². The van der Waals surface area contributed by atoms with E-state index in [0.29, 0.717) is 5.25 Å². The van der Waals surface area contributed by atoms with Crippen LogP contribution in [0.2, 0.25) is 0 Å². The zero-order chi connectivity index (χ0) is 33.0. The van der Waals surface area contributed by atoms with Crippen LogP contribution in [-0.4, -0.2) is 5.25 Å². The summed E-state index contributed by atoms with van der Waals surface area (Å²) in [6, 6.07) is 35.4. The molecule has 0 aliphatic carbocycles. The van der Waals surface area contributed by atoms with Crippen LogP contribution in [0.5, 0.6) is 0 Å². The summed E-state index contributed by atoms with van der Waals surface area (Å²) in [6.45, 7) is 0. The van der Waals surface area contributed by atoms with Crippen LogP contribution in [0.1, 0.15) is 27.3 Å². The minimum atomic E-state index is 0.300. The van der Waals surface area contributed by atoms with Crippen molar-refractivity contribution in [1.29, 1.82) is 0 Å². The van der Waals surface area contributed by atoms with E-state index in [0.717, 1.165) is 22.4 Å². The Morgan fingerprint density at radius 2 is 1.12 bits per heavy atom. The minimum Gasteiger partial charge on any atom is -0.143 e. The molecule has 0 bridgehead atoms. The van der Waals surface area contributed by atoms with Gasteiger partial charge in [-0.25, -0.2) is 0 Å². The lowest BCUT2D eigenvalue weighted by molar-refractivity contribution is 1.13. The Labute approximate surface area is 322 Å². The van der Waals surface area contributed by atoms with Crippen LogP contribution in [0.25, 0.3) is 63.7 Å². The van der Waals surface area contributed by atoms with Gasteiger partial charge in [0.25, 0.3) is 0 Å². The second-order valence-electron chi connectivity index (χ2n) is 11.7. The Bertz CT molecular complexity index is 2840. The van der Waals surface area contributed by atoms with Crippen LogP contribution in [-0.2, 0) is 0 Å². The first-order valence-electron chi connectivity index (χ1n) is 15.9. The van der Waals surface area contributed by atoms with Gasteiger partial charge in [-0.05, 0) is 90.0 Å². The number of thioether (sulfide) groups is 1. The molecule has 0 fully saturated rings. The summed E-state index contributed by atoms with van der Waals surface area (Å²) >= 11 is 14.8. The fourth-order valence-corrected chi connectivity index (χ4v) is 14.6. The molecule has 1 atom stereocenters. The lowest BCUT2D eigenvalue weighted by Crippen LogP contribution is -1.90. The standard InChI is InChI=1S/C42H22S8/c1-3-31(43-21-1)33-17-19-37(47-33)35-15-11-27(45-35)9-5-25-7-13-29-39(23-25)49-42-41(29)30-14-8-26(24-40(30)50-42)6-10-28-12-16-36(46-28)38-20-18-34(48-38)32-4-2-22-44-32/h1-4,7-8,11,13-24,28H,12H2. The van der Waals surface area contributed by atoms with Gasteiger partial charge in [0.2, 0.25) is 0 Å². The fourth-order valence-electron chi connectivity index (χ4n) is 6.06. The van der Waals surface area contributed by atoms with Crippen LogP contribution < -0.4 is 0 Å². The molecule has 2 aromatic carbocycles. The third-order valence-electron chi connectivity index (χ3n) is 8.44. The smallest absolute Gasteiger partial charge is 0.0890 e. The Kier molecular flexibility index (Phi) is 8.17. The molecule has 0 amide bonds. The van der Waals surface area contributed by atoms with Crippen LogP contribution >= 0.6 is 91.1 Å². The van der Waals surface area contributed by atoms with Crippen molar-refractivity contribution < 1.29 is 0 Å². The number of thiophene rings is 7. The molecule has 238 valence electrons. The Hall–Kier alpha value is -3.67. The number of rotatable bonds is 4. The number of fused-ring (bicyclic) bond motifs is 5. The van der Waals surface area contributed by atoms with Gasteiger partial charge >= 0.3 is 0 Å². The summed E-state index contributed by atoms with van der Waals surface area (Å²) in [4.78, 5) is 11.7. The molecular formula is C42H22S8. The predicted molar refractivity (Wildman–Crippen MR) is 230 cm³/mol. The quantitative estimate of drug-likeness (QED) is 0.160. The van der Waals surface area contributed by atoms with Gasteiger partial charge in [-0.3, -0.25) is 0 Å². The number of hydrogen-bond acceptors (Lipinski definition) is 8. The van der Waals surface area contributed by atoms with Gasteiger partial charge < -0.3 is 0 Å². The molecule has 10 rings (SSSR count). The molecule has 50 heavy (non-hydrogen) atoms. The topological polar surface area (TPSA) is 0 Å². The highest BCUT2D eigenvalue weighted by Gasteiger charge is 2.19. The lowest BCUT2D eigenvalue weighted by atomic mass is 10.1. The number of hydrogen-bond donors (Lipinski definition) is 0. The first-order valence-corrected chi connectivity index (χ1v) is 22.6. The molecule has 0 radical (unpaired) electrons. The Morgan fingerprint density at radius 3 is 1.80 bits per heavy atom. The molecule has 1 aliphatic heterocycles. The van der Waals surface area contributed by atoms with Crippen molar-refractivity contribution in [3.8, 4) is 52.9 Å². The van der Waals surface area contributed by atoms with Crippen molar-refractivity contribution in [3.05, 3.63) is 135 Å². The van der Waals surface area contributed by atoms with Gasteiger partial charge in [-0.2, -0.15) is 0 Å². The third-order valence-corrected chi connectivity index (χ3v) is 17.7. The van der Waals surface area contributed by atoms with Gasteiger partial charge in [0.1, 0.15) is 0 Å². The SMILES string of the molecule is C(#Cc1ccc(-c2ccc(-c3cccs3)s2)s1)c1ccc2c(c1)sc1sc3cc(C#CC4CC=C(c5ccc(-c6cccs6)s5)S4)ccc3c12. The molecule has 9 aromatic rings. The molecule has 8 heterocycles. The van der Waals surface area contributed by atoms with E-state index in [2.05, 4.69) is 138 Å². The van der Waals surface area contributed by atoms with Gasteiger partial charge in [-0.1, -0.05) is 54.0 Å². The third kappa shape index (κ3) is 5.94. The fraction of sp³-hybridized carbons (Fsp3) is 0.0476. The molecular weight excluding hydrogens is 761 g/mol. The second kappa shape index (κ2) is 13.1. The van der Waals surface area contributed by atoms with Crippen molar-refractivity contribution in [2.24, 2.45) is 0 Å². The van der Waals surface area contributed by atoms with E-state index in [1.54, 1.807) is 34.0 Å². The summed E-state index contributed by atoms with van der Waals surface area (Å²) in [5, 5.41) is 8.58. The highest BCUT2D eigenvalue weighted by molar-refractivity contribution is 8.09. The summed E-state index contributed by atoms with van der Waals surface area (Å²) in [5.74, 6) is 13.9. The summed E-state index contributed by atoms with van der Waals surface area (Å²) < 4.78 is 3.97. The van der Waals surface area contributed by atoms with E-state index in [1.807, 2.05) is 57.1 Å². The van der Waals surface area contributed by atoms with Gasteiger partial charge in [-0.15, -0.1) is 91.1 Å². The van der Waals surface area contributed by atoms with Crippen molar-refractivity contribution in [3.63, 3.8) is 0 Å². The highest BCUT2D eigenvalue weighted by atomic mass is 32.2. The van der Waals surface area contributed by atoms with Crippen LogP contribution in [0.4, 0.5) is 0 Å². The van der Waals surface area contributed by atoms with Crippen molar-refractivity contribution in [2.45, 2.75) is 11.7 Å². The first-order chi connectivity index (χ1) is 24.7. The summed E-state index contributed by atoms with van der Waals surface area (Å²) in [7, 11) is 0. The maximum Gasteiger partial charge on any atom is 0.0890 e. The van der Waals surface area contributed by atoms with Crippen molar-refractivity contribution in [1.82, 2.24) is 0 Å². The van der Waals surface area contributed by atoms with Crippen LogP contribution in [0.15, 0.2) is 114 Å². The normalized spacial score (nSPS) is 14.2. The van der Waals surface area contributed by atoms with Crippen LogP contribution in [0.3, 0.4) is 0 Å². The van der Waals surface area contributed by atoms with Gasteiger partial charge in [0.15, 0.2) is 0 Å². The van der Waals surface area contributed by atoms with E-state index in [9.17, 15) is 0 Å². The number of benzene rings is 2. The Balaban J connectivity index is 0.845. The summed E-state index contributed by atoms with van der Waals surface area (Å²) in [5.41, 5.74) is 2.15. The van der Waals surface area contributed by atoms with E-state index in [1.165, 1.54) is 68.6 Å². The number of allylic oxidation sites excluding steroid dienone is 1.